The predicted octanol–water partition coefficient (Wildman–Crippen LogP) is 7.36. The van der Waals surface area contributed by atoms with Gasteiger partial charge in [0.05, 0.1) is 5.92 Å². The van der Waals surface area contributed by atoms with Crippen molar-refractivity contribution in [3.05, 3.63) is 29.8 Å². The molecular weight excluding hydrogens is 444 g/mol. The highest BCUT2D eigenvalue weighted by Crippen LogP contribution is 2.42. The minimum Gasteiger partial charge on any atom is -0.426 e. The van der Waals surface area contributed by atoms with Crippen LogP contribution in [-0.2, 0) is 4.79 Å². The minimum atomic E-state index is -0.0162. The van der Waals surface area contributed by atoms with Gasteiger partial charge in [-0.1, -0.05) is 32.4 Å². The lowest BCUT2D eigenvalue weighted by Gasteiger charge is -2.38. The van der Waals surface area contributed by atoms with Crippen molar-refractivity contribution in [3.63, 3.8) is 0 Å². The zero-order valence-electron chi connectivity index (χ0n) is 23.1. The number of carbonyl (C=O) groups excluding carboxylic acids is 1. The lowest BCUT2D eigenvalue weighted by atomic mass is 9.68. The number of hydrogen-bond donors (Lipinski definition) is 2. The maximum absolute atomic E-state index is 12.9. The molecule has 0 spiro atoms. The highest BCUT2D eigenvalue weighted by molar-refractivity contribution is 5.75. The Hall–Kier alpha value is -1.39. The van der Waals surface area contributed by atoms with Crippen LogP contribution in [0, 0.1) is 23.7 Å². The Morgan fingerprint density at radius 3 is 2.08 bits per heavy atom. The van der Waals surface area contributed by atoms with Crippen LogP contribution in [0.5, 0.6) is 5.75 Å². The lowest BCUT2D eigenvalue weighted by Crippen LogP contribution is -2.35. The molecule has 0 aromatic heterocycles. The van der Waals surface area contributed by atoms with Crippen molar-refractivity contribution >= 4 is 5.97 Å². The molecule has 202 valence electrons. The van der Waals surface area contributed by atoms with Gasteiger partial charge in [0.1, 0.15) is 5.75 Å². The predicted molar refractivity (Wildman–Crippen MR) is 149 cm³/mol. The number of benzene rings is 1. The van der Waals surface area contributed by atoms with Gasteiger partial charge in [0.2, 0.25) is 0 Å². The number of nitrogens with two attached hydrogens (primary N) is 1. The van der Waals surface area contributed by atoms with Crippen molar-refractivity contribution in [2.75, 3.05) is 6.54 Å². The van der Waals surface area contributed by atoms with Crippen molar-refractivity contribution in [3.8, 4) is 5.75 Å². The van der Waals surface area contributed by atoms with Gasteiger partial charge < -0.3 is 15.8 Å². The molecule has 4 nitrogen and oxygen atoms in total. The smallest absolute Gasteiger partial charge is 0.314 e. The third-order valence-corrected chi connectivity index (χ3v) is 9.93. The number of esters is 1. The summed E-state index contributed by atoms with van der Waals surface area (Å²) in [6.45, 7) is 5.62. The van der Waals surface area contributed by atoms with E-state index >= 15 is 0 Å². The molecule has 1 atom stereocenters. The Bertz CT molecular complexity index is 770. The number of rotatable bonds is 10. The van der Waals surface area contributed by atoms with Crippen LogP contribution in [0.4, 0.5) is 0 Å². The van der Waals surface area contributed by atoms with Crippen molar-refractivity contribution in [2.24, 2.45) is 29.4 Å². The van der Waals surface area contributed by atoms with Gasteiger partial charge in [-0.25, -0.2) is 0 Å². The van der Waals surface area contributed by atoms with E-state index in [0.29, 0.717) is 23.8 Å². The topological polar surface area (TPSA) is 64.3 Å². The fourth-order valence-corrected chi connectivity index (χ4v) is 7.33. The Labute approximate surface area is 220 Å². The van der Waals surface area contributed by atoms with Gasteiger partial charge in [-0.15, -0.1) is 0 Å². The molecule has 3 saturated carbocycles. The van der Waals surface area contributed by atoms with Crippen LogP contribution in [-0.4, -0.2) is 24.6 Å². The molecule has 1 aromatic rings. The van der Waals surface area contributed by atoms with Crippen LogP contribution in [0.25, 0.3) is 0 Å². The standard InChI is InChI=1S/C32H52N2O2/c1-3-5-22-34-29-18-14-25(15-19-29)26-16-20-30(21-17-26)36-32(35)28-12-8-24(9-13-28)23-6-10-27(11-7-23)31(33)4-2/h16-17,20-21,23-25,27-29,31,34H,3-15,18-19,22,33H2,1-2H3. The Morgan fingerprint density at radius 1 is 0.889 bits per heavy atom. The molecule has 4 heteroatoms. The summed E-state index contributed by atoms with van der Waals surface area (Å²) >= 11 is 0. The van der Waals surface area contributed by atoms with Crippen molar-refractivity contribution in [1.29, 1.82) is 0 Å². The van der Waals surface area contributed by atoms with Gasteiger partial charge in [-0.3, -0.25) is 4.79 Å². The number of unbranched alkanes of at least 4 members (excludes halogenated alkanes) is 1. The molecular formula is C32H52N2O2. The van der Waals surface area contributed by atoms with E-state index in [1.807, 2.05) is 12.1 Å². The molecule has 0 aliphatic heterocycles. The van der Waals surface area contributed by atoms with Crippen LogP contribution in [0.15, 0.2) is 24.3 Å². The monoisotopic (exact) mass is 496 g/mol. The van der Waals surface area contributed by atoms with Crippen molar-refractivity contribution in [1.82, 2.24) is 5.32 Å². The summed E-state index contributed by atoms with van der Waals surface area (Å²) in [6.07, 6.45) is 18.3. The normalized spacial score (nSPS) is 32.1. The first-order valence-corrected chi connectivity index (χ1v) is 15.4. The van der Waals surface area contributed by atoms with E-state index in [1.54, 1.807) is 0 Å². The largest absolute Gasteiger partial charge is 0.426 e. The third kappa shape index (κ3) is 7.57. The van der Waals surface area contributed by atoms with Crippen molar-refractivity contribution in [2.45, 2.75) is 128 Å². The lowest BCUT2D eigenvalue weighted by molar-refractivity contribution is -0.140. The van der Waals surface area contributed by atoms with Gasteiger partial charge in [0.15, 0.2) is 0 Å². The number of carbonyl (C=O) groups is 1. The first-order valence-electron chi connectivity index (χ1n) is 15.4. The number of nitrogens with one attached hydrogen (secondary N) is 1. The van der Waals surface area contributed by atoms with Gasteiger partial charge >= 0.3 is 5.97 Å². The van der Waals surface area contributed by atoms with E-state index in [9.17, 15) is 4.79 Å². The Morgan fingerprint density at radius 2 is 1.50 bits per heavy atom. The first kappa shape index (κ1) is 27.6. The Kier molecular flexibility index (Phi) is 10.7. The third-order valence-electron chi connectivity index (χ3n) is 9.93. The van der Waals surface area contributed by atoms with E-state index in [4.69, 9.17) is 10.5 Å². The second kappa shape index (κ2) is 14.0. The molecule has 36 heavy (non-hydrogen) atoms. The van der Waals surface area contributed by atoms with Crippen LogP contribution >= 0.6 is 0 Å². The second-order valence-electron chi connectivity index (χ2n) is 12.2. The van der Waals surface area contributed by atoms with Crippen LogP contribution < -0.4 is 15.8 Å². The first-order chi connectivity index (χ1) is 17.6. The zero-order valence-corrected chi connectivity index (χ0v) is 23.1. The fourth-order valence-electron chi connectivity index (χ4n) is 7.33. The van der Waals surface area contributed by atoms with Gasteiger partial charge in [-0.05, 0) is 138 Å². The molecule has 4 rings (SSSR count). The molecule has 0 radical (unpaired) electrons. The number of ether oxygens (including phenoxy) is 1. The average Bonchev–Trinajstić information content (AvgIpc) is 2.94. The fraction of sp³-hybridized carbons (Fsp3) is 0.781. The van der Waals surface area contributed by atoms with Gasteiger partial charge in [-0.2, -0.15) is 0 Å². The van der Waals surface area contributed by atoms with E-state index in [1.165, 1.54) is 82.6 Å². The van der Waals surface area contributed by atoms with Gasteiger partial charge in [0.25, 0.3) is 0 Å². The Balaban J connectivity index is 1.16. The summed E-state index contributed by atoms with van der Waals surface area (Å²) in [7, 11) is 0. The molecule has 0 amide bonds. The minimum absolute atomic E-state index is 0.0162. The zero-order chi connectivity index (χ0) is 25.3. The van der Waals surface area contributed by atoms with E-state index in [2.05, 4.69) is 31.3 Å². The van der Waals surface area contributed by atoms with Crippen LogP contribution in [0.3, 0.4) is 0 Å². The quantitative estimate of drug-likeness (QED) is 0.202. The van der Waals surface area contributed by atoms with E-state index < -0.39 is 0 Å². The highest BCUT2D eigenvalue weighted by Gasteiger charge is 2.34. The molecule has 3 aliphatic carbocycles. The summed E-state index contributed by atoms with van der Waals surface area (Å²) in [5, 5.41) is 3.72. The molecule has 3 fully saturated rings. The summed E-state index contributed by atoms with van der Waals surface area (Å²) < 4.78 is 5.84. The van der Waals surface area contributed by atoms with Crippen LogP contribution in [0.2, 0.25) is 0 Å². The number of hydrogen-bond acceptors (Lipinski definition) is 4. The molecule has 3 aliphatic rings. The van der Waals surface area contributed by atoms with E-state index in [0.717, 1.165) is 43.6 Å². The molecule has 1 unspecified atom stereocenters. The maximum Gasteiger partial charge on any atom is 0.314 e. The average molecular weight is 497 g/mol. The van der Waals surface area contributed by atoms with Crippen LogP contribution in [0.1, 0.15) is 122 Å². The highest BCUT2D eigenvalue weighted by atomic mass is 16.5. The maximum atomic E-state index is 12.9. The summed E-state index contributed by atoms with van der Waals surface area (Å²) in [5.41, 5.74) is 7.70. The molecule has 0 heterocycles. The van der Waals surface area contributed by atoms with E-state index in [-0.39, 0.29) is 11.9 Å². The molecule has 1 aromatic carbocycles. The van der Waals surface area contributed by atoms with Crippen molar-refractivity contribution < 1.29 is 9.53 Å². The summed E-state index contributed by atoms with van der Waals surface area (Å²) in [4.78, 5) is 12.9. The summed E-state index contributed by atoms with van der Waals surface area (Å²) in [5.74, 6) is 3.78. The van der Waals surface area contributed by atoms with Gasteiger partial charge in [0, 0.05) is 12.1 Å². The molecule has 3 N–H and O–H groups in total. The SMILES string of the molecule is CCCCNC1CCC(c2ccc(OC(=O)C3CCC(C4CCC(C(N)CC)CC4)CC3)cc2)CC1. The molecule has 0 bridgehead atoms. The summed E-state index contributed by atoms with van der Waals surface area (Å²) in [6, 6.07) is 9.50. The molecule has 0 saturated heterocycles. The second-order valence-corrected chi connectivity index (χ2v) is 12.2.